The topological polar surface area (TPSA) is 64.6 Å². The molecule has 8 heteroatoms. The number of anilines is 1. The summed E-state index contributed by atoms with van der Waals surface area (Å²) in [5, 5.41) is 2.58. The van der Waals surface area contributed by atoms with Gasteiger partial charge in [-0.15, -0.1) is 0 Å². The van der Waals surface area contributed by atoms with Crippen molar-refractivity contribution in [2.45, 2.75) is 10.7 Å². The van der Waals surface area contributed by atoms with Crippen molar-refractivity contribution in [3.05, 3.63) is 54.1 Å². The van der Waals surface area contributed by atoms with Gasteiger partial charge in [0.2, 0.25) is 0 Å². The van der Waals surface area contributed by atoms with E-state index in [2.05, 4.69) is 10.1 Å². The molecular formula is C17H15F2NO4S. The molecule has 25 heavy (non-hydrogen) atoms. The van der Waals surface area contributed by atoms with Crippen LogP contribution in [0.2, 0.25) is 0 Å². The highest BCUT2D eigenvalue weighted by atomic mass is 32.2. The Balaban J connectivity index is 1.92. The van der Waals surface area contributed by atoms with E-state index >= 15 is 0 Å². The molecule has 0 aliphatic rings. The number of methoxy groups -OCH3 is 1. The molecule has 0 saturated heterocycles. The Morgan fingerprint density at radius 2 is 1.80 bits per heavy atom. The van der Waals surface area contributed by atoms with Gasteiger partial charge in [-0.25, -0.2) is 4.79 Å². The first-order valence-corrected chi connectivity index (χ1v) is 8.02. The van der Waals surface area contributed by atoms with Gasteiger partial charge in [0, 0.05) is 10.6 Å². The zero-order valence-corrected chi connectivity index (χ0v) is 14.0. The van der Waals surface area contributed by atoms with E-state index in [4.69, 9.17) is 4.74 Å². The first kappa shape index (κ1) is 18.7. The lowest BCUT2D eigenvalue weighted by Gasteiger charge is -2.10. The normalized spacial score (nSPS) is 10.4. The second kappa shape index (κ2) is 9.03. The molecule has 1 amide bonds. The van der Waals surface area contributed by atoms with Crippen LogP contribution in [0.4, 0.5) is 14.5 Å². The molecule has 2 rings (SSSR count). The van der Waals surface area contributed by atoms with E-state index in [1.165, 1.54) is 37.4 Å². The number of carbonyl (C=O) groups excluding carboxylic acids is 2. The highest BCUT2D eigenvalue weighted by molar-refractivity contribution is 7.99. The molecule has 0 atom stereocenters. The first-order valence-electron chi connectivity index (χ1n) is 7.14. The van der Waals surface area contributed by atoms with E-state index in [1.54, 1.807) is 18.2 Å². The van der Waals surface area contributed by atoms with Crippen LogP contribution in [0.15, 0.2) is 53.4 Å². The number of rotatable bonds is 7. The van der Waals surface area contributed by atoms with Crippen LogP contribution in [0.1, 0.15) is 10.4 Å². The molecule has 0 aliphatic heterocycles. The fraction of sp³-hybridized carbons (Fsp3) is 0.176. The summed E-state index contributed by atoms with van der Waals surface area (Å²) in [4.78, 5) is 23.9. The maximum atomic E-state index is 12.3. The Hall–Kier alpha value is -2.61. The molecule has 0 saturated carbocycles. The summed E-state index contributed by atoms with van der Waals surface area (Å²) in [6.45, 7) is -0.318. The van der Waals surface area contributed by atoms with Crippen molar-refractivity contribution in [3.8, 4) is 5.75 Å². The summed E-state index contributed by atoms with van der Waals surface area (Å²) in [5.41, 5.74) is 0.666. The minimum absolute atomic E-state index is 0.214. The third-order valence-electron chi connectivity index (χ3n) is 3.01. The molecule has 1 N–H and O–H groups in total. The fourth-order valence-corrected chi connectivity index (χ4v) is 2.43. The number of amides is 1. The summed E-state index contributed by atoms with van der Waals surface area (Å²) < 4.78 is 34.5. The molecule has 0 radical (unpaired) electrons. The Bertz CT molecular complexity index is 738. The van der Waals surface area contributed by atoms with Crippen molar-refractivity contribution in [1.82, 2.24) is 0 Å². The van der Waals surface area contributed by atoms with Gasteiger partial charge in [-0.1, -0.05) is 23.9 Å². The number of ether oxygens (including phenoxy) is 2. The highest BCUT2D eigenvalue weighted by Crippen LogP contribution is 2.26. The van der Waals surface area contributed by atoms with E-state index < -0.39 is 17.6 Å². The molecule has 0 aliphatic carbocycles. The van der Waals surface area contributed by atoms with Crippen molar-refractivity contribution in [2.75, 3.05) is 19.0 Å². The molecule has 2 aromatic carbocycles. The monoisotopic (exact) mass is 367 g/mol. The Morgan fingerprint density at radius 1 is 1.12 bits per heavy atom. The number of halogens is 2. The van der Waals surface area contributed by atoms with Crippen molar-refractivity contribution in [3.63, 3.8) is 0 Å². The molecular weight excluding hydrogens is 352 g/mol. The third-order valence-corrected chi connectivity index (χ3v) is 3.74. The van der Waals surface area contributed by atoms with E-state index in [0.717, 1.165) is 0 Å². The van der Waals surface area contributed by atoms with Gasteiger partial charge in [-0.3, -0.25) is 4.79 Å². The second-order valence-electron chi connectivity index (χ2n) is 4.73. The van der Waals surface area contributed by atoms with Gasteiger partial charge in [0.1, 0.15) is 11.3 Å². The number of esters is 1. The first-order chi connectivity index (χ1) is 12.0. The van der Waals surface area contributed by atoms with Gasteiger partial charge in [-0.05, 0) is 36.4 Å². The lowest BCUT2D eigenvalue weighted by Crippen LogP contribution is -2.21. The molecule has 0 aromatic heterocycles. The van der Waals surface area contributed by atoms with E-state index in [-0.39, 0.29) is 17.9 Å². The number of hydrogen-bond acceptors (Lipinski definition) is 5. The SMILES string of the molecule is COC(=O)c1ccccc1OCC(=O)Nc1ccc(SC(F)F)cc1. The maximum Gasteiger partial charge on any atom is 0.341 e. The molecule has 0 spiro atoms. The Labute approximate surface area is 147 Å². The molecule has 0 unspecified atom stereocenters. The van der Waals surface area contributed by atoms with Crippen LogP contribution >= 0.6 is 11.8 Å². The summed E-state index contributed by atoms with van der Waals surface area (Å²) >= 11 is 0.425. The molecule has 0 heterocycles. The summed E-state index contributed by atoms with van der Waals surface area (Å²) in [5.74, 6) is -3.28. The summed E-state index contributed by atoms with van der Waals surface area (Å²) in [7, 11) is 1.25. The average Bonchev–Trinajstić information content (AvgIpc) is 2.61. The van der Waals surface area contributed by atoms with Crippen LogP contribution in [-0.2, 0) is 9.53 Å². The Kier molecular flexibility index (Phi) is 6.76. The van der Waals surface area contributed by atoms with Crippen molar-refractivity contribution < 1.29 is 27.8 Å². The van der Waals surface area contributed by atoms with Gasteiger partial charge in [0.05, 0.1) is 7.11 Å². The van der Waals surface area contributed by atoms with Gasteiger partial charge in [0.25, 0.3) is 11.7 Å². The lowest BCUT2D eigenvalue weighted by molar-refractivity contribution is -0.118. The fourth-order valence-electron chi connectivity index (χ4n) is 1.93. The highest BCUT2D eigenvalue weighted by Gasteiger charge is 2.13. The molecule has 2 aromatic rings. The number of hydrogen-bond donors (Lipinski definition) is 1. The largest absolute Gasteiger partial charge is 0.483 e. The third kappa shape index (κ3) is 5.75. The number of benzene rings is 2. The maximum absolute atomic E-state index is 12.3. The number of thioether (sulfide) groups is 1. The molecule has 132 valence electrons. The van der Waals surface area contributed by atoms with E-state index in [1.807, 2.05) is 0 Å². The second-order valence-corrected chi connectivity index (χ2v) is 5.79. The number of carbonyl (C=O) groups is 2. The van der Waals surface area contributed by atoms with Crippen molar-refractivity contribution >= 4 is 29.3 Å². The smallest absolute Gasteiger partial charge is 0.341 e. The van der Waals surface area contributed by atoms with Crippen LogP contribution in [0.5, 0.6) is 5.75 Å². The van der Waals surface area contributed by atoms with Gasteiger partial charge < -0.3 is 14.8 Å². The van der Waals surface area contributed by atoms with Crippen LogP contribution in [-0.4, -0.2) is 31.4 Å². The zero-order chi connectivity index (χ0) is 18.2. The molecule has 0 bridgehead atoms. The standard InChI is InChI=1S/C17H15F2NO4S/c1-23-16(22)13-4-2-3-5-14(13)24-10-15(21)20-11-6-8-12(9-7-11)25-17(18)19/h2-9,17H,10H2,1H3,(H,20,21). The van der Waals surface area contributed by atoms with Crippen molar-refractivity contribution in [2.24, 2.45) is 0 Å². The predicted octanol–water partition coefficient (Wildman–Crippen LogP) is 3.81. The Morgan fingerprint density at radius 3 is 2.44 bits per heavy atom. The van der Waals surface area contributed by atoms with Crippen molar-refractivity contribution in [1.29, 1.82) is 0 Å². The van der Waals surface area contributed by atoms with Crippen LogP contribution in [0.25, 0.3) is 0 Å². The lowest BCUT2D eigenvalue weighted by atomic mass is 10.2. The van der Waals surface area contributed by atoms with Crippen LogP contribution < -0.4 is 10.1 Å². The number of nitrogens with one attached hydrogen (secondary N) is 1. The van der Waals surface area contributed by atoms with Gasteiger partial charge >= 0.3 is 5.97 Å². The van der Waals surface area contributed by atoms with E-state index in [0.29, 0.717) is 22.3 Å². The minimum Gasteiger partial charge on any atom is -0.483 e. The van der Waals surface area contributed by atoms with Gasteiger partial charge in [0.15, 0.2) is 6.61 Å². The van der Waals surface area contributed by atoms with Crippen LogP contribution in [0, 0.1) is 0 Å². The van der Waals surface area contributed by atoms with Crippen LogP contribution in [0.3, 0.4) is 0 Å². The average molecular weight is 367 g/mol. The summed E-state index contributed by atoms with van der Waals surface area (Å²) in [6, 6.07) is 12.4. The molecule has 5 nitrogen and oxygen atoms in total. The van der Waals surface area contributed by atoms with E-state index in [9.17, 15) is 18.4 Å². The number of para-hydroxylation sites is 1. The predicted molar refractivity (Wildman–Crippen MR) is 90.2 cm³/mol. The molecule has 0 fully saturated rings. The number of alkyl halides is 2. The summed E-state index contributed by atoms with van der Waals surface area (Å²) in [6.07, 6.45) is 0. The zero-order valence-electron chi connectivity index (χ0n) is 13.2. The van der Waals surface area contributed by atoms with Gasteiger partial charge in [-0.2, -0.15) is 8.78 Å². The minimum atomic E-state index is -2.50. The quantitative estimate of drug-likeness (QED) is 0.596.